The molecule has 6 nitrogen and oxygen atoms in total. The molecule has 1 aromatic rings. The zero-order valence-corrected chi connectivity index (χ0v) is 20.3. The van der Waals surface area contributed by atoms with Crippen LogP contribution in [0.3, 0.4) is 0 Å². The standard InChI is InChI=1S/C22H24Br2N2O4/c1-4-11(3)30-20-15(29-5-2)9-14(18(23)19(20)24)10-25-26-21(27)16-12-6-7-13(8-12)17(16)22(26)28/h6-7,9-13,16-17H,4-5,8H2,1-3H3/t11-,12-,13-,16-,17+/m0/s1. The number of halogens is 2. The topological polar surface area (TPSA) is 68.2 Å². The van der Waals surface area contributed by atoms with Gasteiger partial charge in [0.05, 0.1) is 35.2 Å². The van der Waals surface area contributed by atoms with Crippen LogP contribution in [-0.4, -0.2) is 35.7 Å². The number of imide groups is 1. The molecule has 0 aromatic heterocycles. The molecule has 1 saturated heterocycles. The quantitative estimate of drug-likeness (QED) is 0.280. The zero-order chi connectivity index (χ0) is 21.6. The van der Waals surface area contributed by atoms with Crippen molar-refractivity contribution in [3.05, 3.63) is 32.7 Å². The van der Waals surface area contributed by atoms with Crippen molar-refractivity contribution >= 4 is 49.9 Å². The van der Waals surface area contributed by atoms with E-state index >= 15 is 0 Å². The maximum Gasteiger partial charge on any atom is 0.254 e. The minimum absolute atomic E-state index is 0.0233. The molecule has 0 N–H and O–H groups in total. The maximum absolute atomic E-state index is 12.8. The number of hydrazone groups is 1. The van der Waals surface area contributed by atoms with Crippen molar-refractivity contribution in [3.8, 4) is 11.5 Å². The first-order chi connectivity index (χ1) is 14.4. The Labute approximate surface area is 192 Å². The highest BCUT2D eigenvalue weighted by molar-refractivity contribution is 9.13. The van der Waals surface area contributed by atoms with Crippen LogP contribution in [0.4, 0.5) is 0 Å². The van der Waals surface area contributed by atoms with Crippen LogP contribution in [0.5, 0.6) is 11.5 Å². The summed E-state index contributed by atoms with van der Waals surface area (Å²) in [5, 5.41) is 5.33. The molecule has 30 heavy (non-hydrogen) atoms. The van der Waals surface area contributed by atoms with Crippen molar-refractivity contribution in [2.24, 2.45) is 28.8 Å². The van der Waals surface area contributed by atoms with Gasteiger partial charge in [0.1, 0.15) is 0 Å². The molecule has 2 bridgehead atoms. The van der Waals surface area contributed by atoms with Crippen molar-refractivity contribution in [1.82, 2.24) is 5.01 Å². The number of carbonyl (C=O) groups is 2. The van der Waals surface area contributed by atoms with Gasteiger partial charge in [0.15, 0.2) is 11.5 Å². The summed E-state index contributed by atoms with van der Waals surface area (Å²) in [6.45, 7) is 6.42. The fourth-order valence-electron chi connectivity index (χ4n) is 4.48. The number of benzene rings is 1. The number of nitrogens with zero attached hydrogens (tertiary/aromatic N) is 2. The third kappa shape index (κ3) is 3.51. The van der Waals surface area contributed by atoms with Gasteiger partial charge in [0.2, 0.25) is 0 Å². The predicted molar refractivity (Wildman–Crippen MR) is 121 cm³/mol. The lowest BCUT2D eigenvalue weighted by molar-refractivity contribution is -0.140. The van der Waals surface area contributed by atoms with E-state index in [1.807, 2.05) is 13.8 Å². The normalized spacial score (nSPS) is 28.0. The molecule has 0 radical (unpaired) electrons. The van der Waals surface area contributed by atoms with Crippen molar-refractivity contribution in [1.29, 1.82) is 0 Å². The molecule has 2 fully saturated rings. The summed E-state index contributed by atoms with van der Waals surface area (Å²) in [5.74, 6) is 0.603. The lowest BCUT2D eigenvalue weighted by atomic mass is 9.85. The monoisotopic (exact) mass is 538 g/mol. The predicted octanol–water partition coefficient (Wildman–Crippen LogP) is 4.93. The Morgan fingerprint density at radius 2 is 1.80 bits per heavy atom. The summed E-state index contributed by atoms with van der Waals surface area (Å²) in [4.78, 5) is 25.7. The van der Waals surface area contributed by atoms with E-state index in [-0.39, 0.29) is 41.6 Å². The van der Waals surface area contributed by atoms with Crippen LogP contribution in [0.25, 0.3) is 0 Å². The van der Waals surface area contributed by atoms with E-state index in [2.05, 4.69) is 56.0 Å². The average Bonchev–Trinajstić information content (AvgIpc) is 3.41. The summed E-state index contributed by atoms with van der Waals surface area (Å²) < 4.78 is 13.2. The highest BCUT2D eigenvalue weighted by atomic mass is 79.9. The van der Waals surface area contributed by atoms with Gasteiger partial charge in [0, 0.05) is 10.0 Å². The second-order valence-corrected chi connectivity index (χ2v) is 9.51. The summed E-state index contributed by atoms with van der Waals surface area (Å²) in [6.07, 6.45) is 7.45. The van der Waals surface area contributed by atoms with Crippen molar-refractivity contribution in [2.45, 2.75) is 39.7 Å². The van der Waals surface area contributed by atoms with Gasteiger partial charge in [-0.2, -0.15) is 10.1 Å². The molecule has 2 amide bonds. The number of carbonyl (C=O) groups excluding carboxylic acids is 2. The Kier molecular flexibility index (Phi) is 6.08. The van der Waals surface area contributed by atoms with E-state index < -0.39 is 0 Å². The molecule has 1 aromatic carbocycles. The molecular weight excluding hydrogens is 516 g/mol. The lowest BCUT2D eigenvalue weighted by Gasteiger charge is -2.19. The molecule has 160 valence electrons. The molecule has 3 aliphatic rings. The summed E-state index contributed by atoms with van der Waals surface area (Å²) in [7, 11) is 0. The number of rotatable bonds is 7. The largest absolute Gasteiger partial charge is 0.490 e. The van der Waals surface area contributed by atoms with Gasteiger partial charge in [-0.1, -0.05) is 19.1 Å². The summed E-state index contributed by atoms with van der Waals surface area (Å²) in [6, 6.07) is 1.80. The van der Waals surface area contributed by atoms with Gasteiger partial charge in [-0.25, -0.2) is 0 Å². The van der Waals surface area contributed by atoms with Gasteiger partial charge < -0.3 is 9.47 Å². The van der Waals surface area contributed by atoms with Crippen LogP contribution in [-0.2, 0) is 9.59 Å². The van der Waals surface area contributed by atoms with E-state index in [9.17, 15) is 9.59 Å². The van der Waals surface area contributed by atoms with Crippen molar-refractivity contribution < 1.29 is 19.1 Å². The number of amides is 2. The number of fused-ring (bicyclic) bond motifs is 5. The molecule has 5 atom stereocenters. The Morgan fingerprint density at radius 1 is 1.17 bits per heavy atom. The molecule has 0 spiro atoms. The van der Waals surface area contributed by atoms with E-state index in [0.29, 0.717) is 32.6 Å². The molecule has 1 aliphatic heterocycles. The minimum atomic E-state index is -0.259. The molecule has 4 rings (SSSR count). The second-order valence-electron chi connectivity index (χ2n) is 7.92. The first-order valence-electron chi connectivity index (χ1n) is 10.3. The fraction of sp³-hybridized carbons (Fsp3) is 0.500. The average molecular weight is 540 g/mol. The highest BCUT2D eigenvalue weighted by Gasteiger charge is 2.59. The fourth-order valence-corrected chi connectivity index (χ4v) is 5.39. The number of ether oxygens (including phenoxy) is 2. The maximum atomic E-state index is 12.8. The zero-order valence-electron chi connectivity index (χ0n) is 17.1. The van der Waals surface area contributed by atoms with Crippen molar-refractivity contribution in [3.63, 3.8) is 0 Å². The van der Waals surface area contributed by atoms with Crippen LogP contribution in [0, 0.1) is 23.7 Å². The lowest BCUT2D eigenvalue weighted by Crippen LogP contribution is -2.28. The summed E-state index contributed by atoms with van der Waals surface area (Å²) in [5.41, 5.74) is 0.681. The van der Waals surface area contributed by atoms with Gasteiger partial charge in [-0.3, -0.25) is 9.59 Å². The molecule has 1 heterocycles. The Hall–Kier alpha value is -1.67. The number of allylic oxidation sites excluding steroid dienone is 2. The number of hydrogen-bond donors (Lipinski definition) is 0. The Balaban J connectivity index is 1.62. The van der Waals surface area contributed by atoms with Gasteiger partial charge in [-0.05, 0) is 76.5 Å². The molecule has 1 saturated carbocycles. The number of hydrogen-bond acceptors (Lipinski definition) is 5. The van der Waals surface area contributed by atoms with E-state index in [1.54, 1.807) is 6.07 Å². The van der Waals surface area contributed by atoms with Gasteiger partial charge in [-0.15, -0.1) is 0 Å². The van der Waals surface area contributed by atoms with Gasteiger partial charge >= 0.3 is 0 Å². The van der Waals surface area contributed by atoms with Crippen LogP contribution in [0.2, 0.25) is 0 Å². The van der Waals surface area contributed by atoms with E-state index in [0.717, 1.165) is 17.9 Å². The van der Waals surface area contributed by atoms with E-state index in [4.69, 9.17) is 9.47 Å². The van der Waals surface area contributed by atoms with Crippen LogP contribution < -0.4 is 9.47 Å². The first kappa shape index (κ1) is 21.6. The second kappa shape index (κ2) is 8.46. The molecule has 0 unspecified atom stereocenters. The van der Waals surface area contributed by atoms with E-state index in [1.165, 1.54) is 6.21 Å². The van der Waals surface area contributed by atoms with Crippen LogP contribution in [0.15, 0.2) is 32.3 Å². The third-order valence-corrected chi connectivity index (χ3v) is 8.25. The molecule has 2 aliphatic carbocycles. The smallest absolute Gasteiger partial charge is 0.254 e. The Bertz CT molecular complexity index is 916. The molecular formula is C22H24Br2N2O4. The van der Waals surface area contributed by atoms with Crippen LogP contribution in [0.1, 0.15) is 39.2 Å². The summed E-state index contributed by atoms with van der Waals surface area (Å²) >= 11 is 7.15. The Morgan fingerprint density at radius 3 is 2.37 bits per heavy atom. The minimum Gasteiger partial charge on any atom is -0.490 e. The third-order valence-electron chi connectivity index (χ3n) is 6.11. The van der Waals surface area contributed by atoms with Gasteiger partial charge in [0.25, 0.3) is 11.8 Å². The van der Waals surface area contributed by atoms with Crippen LogP contribution >= 0.6 is 31.9 Å². The van der Waals surface area contributed by atoms with Crippen molar-refractivity contribution in [2.75, 3.05) is 6.61 Å². The first-order valence-corrected chi connectivity index (χ1v) is 11.9. The molecule has 8 heteroatoms. The SMILES string of the molecule is CCOc1cc(C=NN2C(=O)[C@@H]3[C@H](C2=O)[C@H]2C=C[C@H]3C2)c(Br)c(Br)c1O[C@@H](C)CC. The highest BCUT2D eigenvalue weighted by Crippen LogP contribution is 2.52.